The van der Waals surface area contributed by atoms with Crippen molar-refractivity contribution < 1.29 is 9.21 Å². The predicted molar refractivity (Wildman–Crippen MR) is 106 cm³/mol. The van der Waals surface area contributed by atoms with Crippen LogP contribution in [-0.2, 0) is 24.2 Å². The molecule has 1 N–H and O–H groups in total. The Bertz CT molecular complexity index is 757. The summed E-state index contributed by atoms with van der Waals surface area (Å²) in [6.07, 6.45) is 6.48. The van der Waals surface area contributed by atoms with Crippen molar-refractivity contribution in [3.05, 3.63) is 59.0 Å². The molecule has 1 aliphatic heterocycles. The highest BCUT2D eigenvalue weighted by atomic mass is 16.3. The maximum atomic E-state index is 12.2. The molecule has 1 aliphatic carbocycles. The minimum absolute atomic E-state index is 0.134. The molecular weight excluding hydrogens is 336 g/mol. The summed E-state index contributed by atoms with van der Waals surface area (Å²) in [6, 6.07) is 13.4. The average molecular weight is 367 g/mol. The molecule has 2 heterocycles. The third-order valence-corrected chi connectivity index (χ3v) is 6.13. The maximum absolute atomic E-state index is 12.2. The summed E-state index contributed by atoms with van der Waals surface area (Å²) in [7, 11) is 0. The number of fused-ring (bicyclic) bond motifs is 1. The van der Waals surface area contributed by atoms with Gasteiger partial charge in [0, 0.05) is 19.0 Å². The van der Waals surface area contributed by atoms with E-state index in [4.69, 9.17) is 4.42 Å². The minimum atomic E-state index is 0.134. The summed E-state index contributed by atoms with van der Waals surface area (Å²) in [5.41, 5.74) is 3.05. The number of nitrogens with zero attached hydrogens (tertiary/aromatic N) is 1. The number of piperidine rings is 1. The number of nitrogens with one attached hydrogen (secondary N) is 1. The van der Waals surface area contributed by atoms with Crippen LogP contribution in [0.2, 0.25) is 0 Å². The number of hydrogen-bond acceptors (Lipinski definition) is 3. The molecule has 0 saturated carbocycles. The third-order valence-electron chi connectivity index (χ3n) is 6.13. The number of aryl methyl sites for hydroxylation is 1. The van der Waals surface area contributed by atoms with E-state index in [1.165, 1.54) is 43.4 Å². The Morgan fingerprint density at radius 2 is 1.96 bits per heavy atom. The molecule has 1 amide bonds. The molecule has 27 heavy (non-hydrogen) atoms. The van der Waals surface area contributed by atoms with Gasteiger partial charge in [0.15, 0.2) is 0 Å². The van der Waals surface area contributed by atoms with Gasteiger partial charge < -0.3 is 9.73 Å². The third kappa shape index (κ3) is 4.62. The van der Waals surface area contributed by atoms with Crippen LogP contribution < -0.4 is 5.32 Å². The zero-order valence-electron chi connectivity index (χ0n) is 16.2. The smallest absolute Gasteiger partial charge is 0.220 e. The molecule has 4 heteroatoms. The molecule has 144 valence electrons. The van der Waals surface area contributed by atoms with Gasteiger partial charge in [0.2, 0.25) is 5.91 Å². The van der Waals surface area contributed by atoms with Crippen molar-refractivity contribution in [3.63, 3.8) is 0 Å². The van der Waals surface area contributed by atoms with E-state index in [0.29, 0.717) is 24.9 Å². The van der Waals surface area contributed by atoms with Crippen molar-refractivity contribution in [2.45, 2.75) is 58.0 Å². The molecule has 1 aromatic carbocycles. The lowest BCUT2D eigenvalue weighted by Crippen LogP contribution is -2.43. The van der Waals surface area contributed by atoms with E-state index in [9.17, 15) is 4.79 Å². The second-order valence-corrected chi connectivity index (χ2v) is 8.16. The molecule has 1 saturated heterocycles. The lowest BCUT2D eigenvalue weighted by molar-refractivity contribution is -0.121. The molecule has 2 aromatic rings. The summed E-state index contributed by atoms with van der Waals surface area (Å²) in [5, 5.41) is 2.98. The summed E-state index contributed by atoms with van der Waals surface area (Å²) in [4.78, 5) is 14.9. The first kappa shape index (κ1) is 18.3. The summed E-state index contributed by atoms with van der Waals surface area (Å²) < 4.78 is 5.50. The number of carbonyl (C=O) groups is 1. The van der Waals surface area contributed by atoms with Gasteiger partial charge in [0.25, 0.3) is 0 Å². The number of likely N-dealkylation sites (tertiary alicyclic amines) is 1. The predicted octanol–water partition coefficient (Wildman–Crippen LogP) is 3.86. The number of carbonyl (C=O) groups excluding carboxylic acids is 1. The van der Waals surface area contributed by atoms with Gasteiger partial charge in [0.1, 0.15) is 11.5 Å². The Labute approximate surface area is 161 Å². The lowest BCUT2D eigenvalue weighted by atomic mass is 9.92. The molecular formula is C23H30N2O2. The van der Waals surface area contributed by atoms with E-state index in [0.717, 1.165) is 24.5 Å². The first-order chi connectivity index (χ1) is 13.2. The summed E-state index contributed by atoms with van der Waals surface area (Å²) in [5.74, 6) is 2.48. The fraction of sp³-hybridized carbons (Fsp3) is 0.522. The first-order valence-electron chi connectivity index (χ1n) is 10.3. The molecule has 4 nitrogen and oxygen atoms in total. The van der Waals surface area contributed by atoms with Crippen LogP contribution >= 0.6 is 0 Å². The Morgan fingerprint density at radius 3 is 2.67 bits per heavy atom. The molecule has 1 fully saturated rings. The largest absolute Gasteiger partial charge is 0.465 e. The second kappa shape index (κ2) is 8.30. The molecule has 0 radical (unpaired) electrons. The topological polar surface area (TPSA) is 45.5 Å². The van der Waals surface area contributed by atoms with Crippen molar-refractivity contribution in [1.29, 1.82) is 0 Å². The normalized spacial score (nSPS) is 20.6. The van der Waals surface area contributed by atoms with Gasteiger partial charge in [-0.1, -0.05) is 24.3 Å². The molecule has 2 aliphatic rings. The van der Waals surface area contributed by atoms with Crippen LogP contribution in [0.15, 0.2) is 40.8 Å². The van der Waals surface area contributed by atoms with Gasteiger partial charge in [-0.05, 0) is 74.8 Å². The van der Waals surface area contributed by atoms with Crippen molar-refractivity contribution in [2.24, 2.45) is 5.92 Å². The minimum Gasteiger partial charge on any atom is -0.465 e. The zero-order chi connectivity index (χ0) is 18.6. The van der Waals surface area contributed by atoms with Gasteiger partial charge in [-0.3, -0.25) is 9.69 Å². The van der Waals surface area contributed by atoms with Crippen molar-refractivity contribution in [1.82, 2.24) is 10.2 Å². The summed E-state index contributed by atoms with van der Waals surface area (Å²) >= 11 is 0. The Hall–Kier alpha value is -2.07. The maximum Gasteiger partial charge on any atom is 0.220 e. The molecule has 0 spiro atoms. The van der Waals surface area contributed by atoms with E-state index >= 15 is 0 Å². The molecule has 1 atom stereocenters. The highest BCUT2D eigenvalue weighted by molar-refractivity contribution is 5.75. The fourth-order valence-electron chi connectivity index (χ4n) is 4.65. The zero-order valence-corrected chi connectivity index (χ0v) is 16.2. The van der Waals surface area contributed by atoms with E-state index in [1.807, 2.05) is 19.1 Å². The van der Waals surface area contributed by atoms with Gasteiger partial charge in [-0.15, -0.1) is 0 Å². The van der Waals surface area contributed by atoms with Crippen LogP contribution in [0.5, 0.6) is 0 Å². The van der Waals surface area contributed by atoms with E-state index in [2.05, 4.69) is 34.5 Å². The number of amides is 1. The first-order valence-corrected chi connectivity index (χ1v) is 10.3. The fourth-order valence-corrected chi connectivity index (χ4v) is 4.65. The number of hydrogen-bond donors (Lipinski definition) is 1. The van der Waals surface area contributed by atoms with Crippen LogP contribution in [-0.4, -0.2) is 29.9 Å². The monoisotopic (exact) mass is 366 g/mol. The Morgan fingerprint density at radius 1 is 1.19 bits per heavy atom. The van der Waals surface area contributed by atoms with Gasteiger partial charge >= 0.3 is 0 Å². The molecule has 0 bridgehead atoms. The van der Waals surface area contributed by atoms with Crippen LogP contribution in [0.25, 0.3) is 0 Å². The number of benzene rings is 1. The number of rotatable bonds is 6. The quantitative estimate of drug-likeness (QED) is 0.844. The van der Waals surface area contributed by atoms with Gasteiger partial charge in [0.05, 0.1) is 6.54 Å². The second-order valence-electron chi connectivity index (χ2n) is 8.16. The standard InChI is InChI=1S/C23H30N2O2/c1-17-8-10-22(27-17)15-24-23(26)11-9-18-5-4-12-25(16-18)21-13-19-6-2-3-7-20(19)14-21/h2-3,6-8,10,18,21H,4-5,9,11-16H2,1H3,(H,24,26)/t18-/m1/s1. The van der Waals surface area contributed by atoms with Gasteiger partial charge in [-0.25, -0.2) is 0 Å². The average Bonchev–Trinajstić information content (AvgIpc) is 3.31. The van der Waals surface area contributed by atoms with E-state index < -0.39 is 0 Å². The van der Waals surface area contributed by atoms with Crippen molar-refractivity contribution in [3.8, 4) is 0 Å². The van der Waals surface area contributed by atoms with Crippen molar-refractivity contribution in [2.75, 3.05) is 13.1 Å². The lowest BCUT2D eigenvalue weighted by Gasteiger charge is -2.36. The Balaban J connectivity index is 1.21. The van der Waals surface area contributed by atoms with Crippen LogP contribution in [0, 0.1) is 12.8 Å². The van der Waals surface area contributed by atoms with E-state index in [1.54, 1.807) is 0 Å². The van der Waals surface area contributed by atoms with Crippen LogP contribution in [0.4, 0.5) is 0 Å². The van der Waals surface area contributed by atoms with E-state index in [-0.39, 0.29) is 5.91 Å². The van der Waals surface area contributed by atoms with Crippen LogP contribution in [0.1, 0.15) is 48.3 Å². The highest BCUT2D eigenvalue weighted by Crippen LogP contribution is 2.29. The van der Waals surface area contributed by atoms with Gasteiger partial charge in [-0.2, -0.15) is 0 Å². The molecule has 0 unspecified atom stereocenters. The van der Waals surface area contributed by atoms with Crippen molar-refractivity contribution >= 4 is 5.91 Å². The molecule has 1 aromatic heterocycles. The molecule has 4 rings (SSSR count). The highest BCUT2D eigenvalue weighted by Gasteiger charge is 2.30. The SMILES string of the molecule is Cc1ccc(CNC(=O)CC[C@H]2CCCN(C3Cc4ccccc4C3)C2)o1. The Kier molecular flexibility index (Phi) is 5.63. The summed E-state index contributed by atoms with van der Waals surface area (Å²) in [6.45, 7) is 4.76. The number of furan rings is 1. The van der Waals surface area contributed by atoms with Crippen LogP contribution in [0.3, 0.4) is 0 Å².